The quantitative estimate of drug-likeness (QED) is 0.173. The lowest BCUT2D eigenvalue weighted by molar-refractivity contribution is 0.0982. The molecule has 8 heteroatoms. The van der Waals surface area contributed by atoms with Gasteiger partial charge < -0.3 is 4.74 Å². The van der Waals surface area contributed by atoms with Crippen molar-refractivity contribution in [2.45, 2.75) is 24.9 Å². The van der Waals surface area contributed by atoms with E-state index in [1.54, 1.807) is 11.7 Å². The third-order valence-corrected chi connectivity index (χ3v) is 6.86. The van der Waals surface area contributed by atoms with Gasteiger partial charge >= 0.3 is 0 Å². The molecule has 0 saturated heterocycles. The lowest BCUT2D eigenvalue weighted by atomic mass is 10.1. The van der Waals surface area contributed by atoms with E-state index < -0.39 is 0 Å². The van der Waals surface area contributed by atoms with Crippen LogP contribution in [0.2, 0.25) is 0 Å². The summed E-state index contributed by atoms with van der Waals surface area (Å²) < 4.78 is 9.03. The van der Waals surface area contributed by atoms with Crippen molar-refractivity contribution >= 4 is 34.2 Å². The minimum atomic E-state index is -0.186. The van der Waals surface area contributed by atoms with E-state index in [0.29, 0.717) is 46.4 Å². The molecule has 5 aromatic rings. The molecule has 3 aromatic carbocycles. The van der Waals surface area contributed by atoms with Crippen molar-refractivity contribution in [2.24, 2.45) is 0 Å². The Labute approximate surface area is 206 Å². The van der Waals surface area contributed by atoms with Gasteiger partial charge in [0.15, 0.2) is 10.9 Å². The first kappa shape index (κ1) is 22.9. The molecule has 0 aliphatic heterocycles. The zero-order chi connectivity index (χ0) is 24.4. The molecule has 0 spiro atoms. The smallest absolute Gasteiger partial charge is 0.267 e. The Balaban J connectivity index is 1.52. The first-order valence-corrected chi connectivity index (χ1v) is 12.3. The number of hydrogen-bond acceptors (Lipinski definition) is 6. The van der Waals surface area contributed by atoms with Crippen LogP contribution in [0.3, 0.4) is 0 Å². The van der Waals surface area contributed by atoms with Crippen LogP contribution in [0.4, 0.5) is 0 Å². The first-order chi connectivity index (χ1) is 17.1. The van der Waals surface area contributed by atoms with E-state index in [1.807, 2.05) is 84.1 Å². The molecule has 0 atom stereocenters. The van der Waals surface area contributed by atoms with Crippen LogP contribution in [0.1, 0.15) is 28.8 Å². The number of carbonyl (C=O) groups excluding carboxylic acids is 1. The van der Waals surface area contributed by atoms with E-state index in [9.17, 15) is 9.59 Å². The highest BCUT2D eigenvalue weighted by Gasteiger charge is 2.20. The number of nitrogens with zero attached hydrogens (tertiary/aromatic N) is 4. The highest BCUT2D eigenvalue weighted by atomic mass is 32.2. The van der Waals surface area contributed by atoms with Crippen LogP contribution in [0.25, 0.3) is 22.4 Å². The predicted molar refractivity (Wildman–Crippen MR) is 138 cm³/mol. The average Bonchev–Trinajstić information content (AvgIpc) is 3.31. The second-order valence-corrected chi connectivity index (χ2v) is 9.25. The van der Waals surface area contributed by atoms with E-state index in [1.165, 1.54) is 11.8 Å². The van der Waals surface area contributed by atoms with Gasteiger partial charge in [0, 0.05) is 17.7 Å². The van der Waals surface area contributed by atoms with Gasteiger partial charge in [0.25, 0.3) is 5.56 Å². The van der Waals surface area contributed by atoms with Gasteiger partial charge in [-0.05, 0) is 43.2 Å². The number of methoxy groups -OCH3 is 1. The fourth-order valence-corrected chi connectivity index (χ4v) is 5.01. The Hall–Kier alpha value is -3.91. The summed E-state index contributed by atoms with van der Waals surface area (Å²) in [5, 5.41) is 10.1. The van der Waals surface area contributed by atoms with Gasteiger partial charge in [-0.3, -0.25) is 14.0 Å². The number of carbonyl (C=O) groups is 1. The van der Waals surface area contributed by atoms with E-state index in [0.717, 1.165) is 16.6 Å². The molecule has 0 bridgehead atoms. The molecular weight excluding hydrogens is 460 g/mol. The number of thioether (sulfide) groups is 1. The number of rotatable bonds is 8. The molecule has 2 heterocycles. The van der Waals surface area contributed by atoms with Crippen molar-refractivity contribution in [2.75, 3.05) is 12.9 Å². The number of Topliss-reactive ketones (excluding diaryl/α,β-unsaturated/α-hetero) is 1. The molecule has 0 saturated carbocycles. The Bertz CT molecular complexity index is 1590. The predicted octanol–water partition coefficient (Wildman–Crippen LogP) is 5.11. The first-order valence-electron chi connectivity index (χ1n) is 11.3. The second-order valence-electron chi connectivity index (χ2n) is 8.19. The molecule has 7 nitrogen and oxygen atoms in total. The minimum Gasteiger partial charge on any atom is -0.495 e. The second kappa shape index (κ2) is 9.76. The number of aromatic nitrogens is 4. The molecule has 2 aromatic heterocycles. The van der Waals surface area contributed by atoms with Crippen molar-refractivity contribution in [3.63, 3.8) is 0 Å². The van der Waals surface area contributed by atoms with Crippen LogP contribution in [-0.4, -0.2) is 37.8 Å². The summed E-state index contributed by atoms with van der Waals surface area (Å²) in [5.41, 5.74) is 2.90. The van der Waals surface area contributed by atoms with E-state index >= 15 is 0 Å². The Morgan fingerprint density at radius 2 is 1.77 bits per heavy atom. The number of fused-ring (bicyclic) bond motifs is 3. The highest BCUT2D eigenvalue weighted by molar-refractivity contribution is 7.99. The van der Waals surface area contributed by atoms with E-state index in [2.05, 4.69) is 10.2 Å². The van der Waals surface area contributed by atoms with Gasteiger partial charge in [-0.15, -0.1) is 10.2 Å². The Morgan fingerprint density at radius 1 is 1.00 bits per heavy atom. The maximum atomic E-state index is 13.6. The highest BCUT2D eigenvalue weighted by Crippen LogP contribution is 2.28. The fourth-order valence-electron chi connectivity index (χ4n) is 4.13. The van der Waals surface area contributed by atoms with Crippen molar-refractivity contribution in [3.05, 3.63) is 94.3 Å². The van der Waals surface area contributed by atoms with Crippen molar-refractivity contribution in [3.8, 4) is 11.4 Å². The van der Waals surface area contributed by atoms with Gasteiger partial charge in [0.2, 0.25) is 5.78 Å². The standard InChI is InChI=1S/C27H24N4O3S/c1-18-14-15-24(34-2)22(17-18)30-25(33)20-11-6-7-12-21(20)31-26(30)28-29-27(31)35-16-8-13-23(32)19-9-4-3-5-10-19/h3-7,9-12,14-15,17H,8,13,16H2,1-2H3. The molecule has 35 heavy (non-hydrogen) atoms. The van der Waals surface area contributed by atoms with Crippen LogP contribution in [0.5, 0.6) is 5.75 Å². The van der Waals surface area contributed by atoms with Crippen molar-refractivity contribution < 1.29 is 9.53 Å². The zero-order valence-corrected chi connectivity index (χ0v) is 20.3. The normalized spacial score (nSPS) is 11.3. The number of aryl methyl sites for hydroxylation is 1. The number of para-hydroxylation sites is 1. The Morgan fingerprint density at radius 3 is 2.57 bits per heavy atom. The van der Waals surface area contributed by atoms with Crippen LogP contribution < -0.4 is 10.3 Å². The molecule has 0 fully saturated rings. The SMILES string of the molecule is COc1ccc(C)cc1-n1c(=O)c2ccccc2n2c(SCCCC(=O)c3ccccc3)nnc12. The van der Waals surface area contributed by atoms with Crippen molar-refractivity contribution in [1.29, 1.82) is 0 Å². The molecular formula is C27H24N4O3S. The number of benzene rings is 3. The summed E-state index contributed by atoms with van der Waals surface area (Å²) in [6.45, 7) is 1.97. The molecule has 0 amide bonds. The molecule has 0 unspecified atom stereocenters. The average molecular weight is 485 g/mol. The van der Waals surface area contributed by atoms with Crippen LogP contribution in [-0.2, 0) is 0 Å². The summed E-state index contributed by atoms with van der Waals surface area (Å²) in [6.07, 6.45) is 1.16. The Kier molecular flexibility index (Phi) is 6.37. The summed E-state index contributed by atoms with van der Waals surface area (Å²) in [6, 6.07) is 22.5. The third-order valence-electron chi connectivity index (χ3n) is 5.85. The minimum absolute atomic E-state index is 0.128. The molecule has 0 N–H and O–H groups in total. The molecule has 5 rings (SSSR count). The van der Waals surface area contributed by atoms with Crippen LogP contribution >= 0.6 is 11.8 Å². The van der Waals surface area contributed by atoms with Crippen molar-refractivity contribution in [1.82, 2.24) is 19.2 Å². The summed E-state index contributed by atoms with van der Waals surface area (Å²) >= 11 is 1.52. The van der Waals surface area contributed by atoms with Crippen LogP contribution in [0, 0.1) is 6.92 Å². The monoisotopic (exact) mass is 484 g/mol. The number of ether oxygens (including phenoxy) is 1. The molecule has 0 aliphatic rings. The fraction of sp³-hybridized carbons (Fsp3) is 0.185. The van der Waals surface area contributed by atoms with Gasteiger partial charge in [-0.2, -0.15) is 0 Å². The summed E-state index contributed by atoms with van der Waals surface area (Å²) in [5.74, 6) is 1.82. The maximum absolute atomic E-state index is 13.6. The largest absolute Gasteiger partial charge is 0.495 e. The number of hydrogen-bond donors (Lipinski definition) is 0. The van der Waals surface area contributed by atoms with Gasteiger partial charge in [0.05, 0.1) is 23.7 Å². The van der Waals surface area contributed by atoms with E-state index in [-0.39, 0.29) is 11.3 Å². The van der Waals surface area contributed by atoms with Gasteiger partial charge in [-0.1, -0.05) is 60.3 Å². The molecule has 0 radical (unpaired) electrons. The molecule has 0 aliphatic carbocycles. The van der Waals surface area contributed by atoms with Gasteiger partial charge in [0.1, 0.15) is 5.75 Å². The summed E-state index contributed by atoms with van der Waals surface area (Å²) in [7, 11) is 1.58. The maximum Gasteiger partial charge on any atom is 0.267 e. The zero-order valence-electron chi connectivity index (χ0n) is 19.5. The third kappa shape index (κ3) is 4.33. The number of ketones is 1. The lowest BCUT2D eigenvalue weighted by Gasteiger charge is -2.14. The van der Waals surface area contributed by atoms with Crippen LogP contribution in [0.15, 0.2) is 82.7 Å². The topological polar surface area (TPSA) is 78.5 Å². The molecule has 176 valence electrons. The van der Waals surface area contributed by atoms with Gasteiger partial charge in [-0.25, -0.2) is 4.57 Å². The van der Waals surface area contributed by atoms with E-state index in [4.69, 9.17) is 4.74 Å². The summed E-state index contributed by atoms with van der Waals surface area (Å²) in [4.78, 5) is 26.0. The lowest BCUT2D eigenvalue weighted by Crippen LogP contribution is -2.22.